The molecule has 0 saturated carbocycles. The van der Waals surface area contributed by atoms with Crippen molar-refractivity contribution in [2.75, 3.05) is 53.4 Å². The van der Waals surface area contributed by atoms with Gasteiger partial charge in [0.1, 0.15) is 6.04 Å². The number of hydrogen-bond acceptors (Lipinski definition) is 6. The average Bonchev–Trinajstić information content (AvgIpc) is 3.12. The first-order valence-electron chi connectivity index (χ1n) is 11.1. The monoisotopic (exact) mass is 414 g/mol. The van der Waals surface area contributed by atoms with Crippen LogP contribution in [0.4, 0.5) is 0 Å². The molecule has 0 bridgehead atoms. The van der Waals surface area contributed by atoms with Gasteiger partial charge in [0.2, 0.25) is 11.8 Å². The molecule has 3 fully saturated rings. The molecule has 0 aliphatic carbocycles. The summed E-state index contributed by atoms with van der Waals surface area (Å²) in [5.41, 5.74) is 0.993. The molecule has 1 aromatic heterocycles. The summed E-state index contributed by atoms with van der Waals surface area (Å²) in [4.78, 5) is 38.9. The Morgan fingerprint density at radius 1 is 1.17 bits per heavy atom. The molecule has 3 aliphatic heterocycles. The molecule has 8 heteroatoms. The van der Waals surface area contributed by atoms with E-state index in [4.69, 9.17) is 0 Å². The fourth-order valence-electron chi connectivity index (χ4n) is 5.03. The zero-order chi connectivity index (χ0) is 21.1. The van der Waals surface area contributed by atoms with Gasteiger partial charge in [-0.05, 0) is 39.1 Å². The smallest absolute Gasteiger partial charge is 0.239 e. The topological polar surface area (TPSA) is 72.0 Å². The van der Waals surface area contributed by atoms with Crippen LogP contribution in [0.15, 0.2) is 24.4 Å². The minimum Gasteiger partial charge on any atom is -0.353 e. The first-order valence-corrected chi connectivity index (χ1v) is 11.1. The van der Waals surface area contributed by atoms with Crippen molar-refractivity contribution in [3.8, 4) is 0 Å². The molecular weight excluding hydrogens is 380 g/mol. The van der Waals surface area contributed by atoms with Crippen LogP contribution in [0.5, 0.6) is 0 Å². The van der Waals surface area contributed by atoms with Crippen molar-refractivity contribution in [2.45, 2.75) is 43.9 Å². The first kappa shape index (κ1) is 21.2. The maximum Gasteiger partial charge on any atom is 0.239 e. The minimum absolute atomic E-state index is 0.105. The van der Waals surface area contributed by atoms with Crippen LogP contribution in [-0.4, -0.2) is 108 Å². The van der Waals surface area contributed by atoms with Gasteiger partial charge >= 0.3 is 0 Å². The number of aromatic nitrogens is 1. The third kappa shape index (κ3) is 4.66. The summed E-state index contributed by atoms with van der Waals surface area (Å²) in [5, 5.41) is 3.15. The number of nitrogens with one attached hydrogen (secondary N) is 1. The second-order valence-corrected chi connectivity index (χ2v) is 8.88. The lowest BCUT2D eigenvalue weighted by molar-refractivity contribution is -0.133. The molecule has 164 valence electrons. The predicted molar refractivity (Wildman–Crippen MR) is 115 cm³/mol. The normalized spacial score (nSPS) is 28.8. The standard InChI is InChI=1S/C22H34N6O2/c1-25-11-13-27(14-12-25)20(29)7-6-18-15-24-22(30)21-19(26(18)2)8-10-28(21)16-17-5-3-4-9-23-17/h3-5,9,18-19,21H,6-8,10-16H2,1-2H3,(H,24,30). The number of likely N-dealkylation sites (tertiary alicyclic amines) is 1. The van der Waals surface area contributed by atoms with Crippen molar-refractivity contribution in [3.63, 3.8) is 0 Å². The van der Waals surface area contributed by atoms with Crippen LogP contribution in [0, 0.1) is 0 Å². The maximum absolute atomic E-state index is 12.9. The number of pyridine rings is 1. The number of carbonyl (C=O) groups is 2. The zero-order valence-corrected chi connectivity index (χ0v) is 18.2. The van der Waals surface area contributed by atoms with Crippen molar-refractivity contribution in [1.82, 2.24) is 29.9 Å². The molecule has 0 radical (unpaired) electrons. The van der Waals surface area contributed by atoms with Crippen molar-refractivity contribution in [2.24, 2.45) is 0 Å². The molecule has 8 nitrogen and oxygen atoms in total. The van der Waals surface area contributed by atoms with E-state index in [9.17, 15) is 9.59 Å². The zero-order valence-electron chi connectivity index (χ0n) is 18.2. The maximum atomic E-state index is 12.9. The number of amides is 2. The molecule has 1 N–H and O–H groups in total. The Kier molecular flexibility index (Phi) is 6.65. The molecule has 0 aromatic carbocycles. The summed E-state index contributed by atoms with van der Waals surface area (Å²) in [6.45, 7) is 5.71. The van der Waals surface area contributed by atoms with Gasteiger partial charge in [0.05, 0.1) is 5.69 Å². The third-order valence-electron chi connectivity index (χ3n) is 6.99. The lowest BCUT2D eigenvalue weighted by Crippen LogP contribution is -2.50. The molecule has 1 aromatic rings. The lowest BCUT2D eigenvalue weighted by Gasteiger charge is -2.34. The van der Waals surface area contributed by atoms with Crippen LogP contribution < -0.4 is 5.32 Å². The highest BCUT2D eigenvalue weighted by molar-refractivity contribution is 5.83. The Morgan fingerprint density at radius 2 is 1.97 bits per heavy atom. The van der Waals surface area contributed by atoms with E-state index in [0.29, 0.717) is 19.5 Å². The first-order chi connectivity index (χ1) is 14.5. The summed E-state index contributed by atoms with van der Waals surface area (Å²) in [5.74, 6) is 0.347. The van der Waals surface area contributed by atoms with Gasteiger partial charge in [-0.2, -0.15) is 0 Å². The quantitative estimate of drug-likeness (QED) is 0.732. The van der Waals surface area contributed by atoms with Gasteiger partial charge in [0.25, 0.3) is 0 Å². The van der Waals surface area contributed by atoms with E-state index in [1.54, 1.807) is 6.20 Å². The number of hydrogen-bond donors (Lipinski definition) is 1. The van der Waals surface area contributed by atoms with Crippen LogP contribution in [0.3, 0.4) is 0 Å². The predicted octanol–water partition coefficient (Wildman–Crippen LogP) is 0.00890. The summed E-state index contributed by atoms with van der Waals surface area (Å²) in [7, 11) is 4.22. The third-order valence-corrected chi connectivity index (χ3v) is 6.99. The average molecular weight is 415 g/mol. The summed E-state index contributed by atoms with van der Waals surface area (Å²) >= 11 is 0. The Balaban J connectivity index is 1.35. The second kappa shape index (κ2) is 9.41. The summed E-state index contributed by atoms with van der Waals surface area (Å²) in [6, 6.07) is 6.13. The van der Waals surface area contributed by atoms with Gasteiger partial charge in [0.15, 0.2) is 0 Å². The Labute approximate surface area is 179 Å². The van der Waals surface area contributed by atoms with Gasteiger partial charge in [-0.1, -0.05) is 6.07 Å². The van der Waals surface area contributed by atoms with E-state index < -0.39 is 0 Å². The molecule has 4 heterocycles. The molecule has 2 amide bonds. The van der Waals surface area contributed by atoms with Gasteiger partial charge in [-0.3, -0.25) is 24.4 Å². The van der Waals surface area contributed by atoms with Crippen molar-refractivity contribution in [3.05, 3.63) is 30.1 Å². The summed E-state index contributed by atoms with van der Waals surface area (Å²) in [6.07, 6.45) is 4.09. The van der Waals surface area contributed by atoms with E-state index in [1.165, 1.54) is 0 Å². The molecule has 3 saturated heterocycles. The van der Waals surface area contributed by atoms with Gasteiger partial charge in [-0.15, -0.1) is 0 Å². The van der Waals surface area contributed by atoms with Gasteiger partial charge in [0, 0.05) is 70.5 Å². The molecule has 0 spiro atoms. The Morgan fingerprint density at radius 3 is 2.70 bits per heavy atom. The van der Waals surface area contributed by atoms with Crippen LogP contribution in [0.1, 0.15) is 25.0 Å². The summed E-state index contributed by atoms with van der Waals surface area (Å²) < 4.78 is 0. The number of carbonyl (C=O) groups excluding carboxylic acids is 2. The van der Waals surface area contributed by atoms with E-state index in [0.717, 1.165) is 51.3 Å². The van der Waals surface area contributed by atoms with Crippen molar-refractivity contribution in [1.29, 1.82) is 0 Å². The number of piperazine rings is 1. The largest absolute Gasteiger partial charge is 0.353 e. The van der Waals surface area contributed by atoms with Crippen molar-refractivity contribution >= 4 is 11.8 Å². The molecule has 3 atom stereocenters. The second-order valence-electron chi connectivity index (χ2n) is 8.88. The van der Waals surface area contributed by atoms with Gasteiger partial charge < -0.3 is 15.1 Å². The highest BCUT2D eigenvalue weighted by Gasteiger charge is 2.45. The van der Waals surface area contributed by atoms with Crippen molar-refractivity contribution < 1.29 is 9.59 Å². The number of nitrogens with zero attached hydrogens (tertiary/aromatic N) is 5. The van der Waals surface area contributed by atoms with E-state index >= 15 is 0 Å². The molecule has 4 rings (SSSR count). The van der Waals surface area contributed by atoms with Crippen LogP contribution in [-0.2, 0) is 16.1 Å². The number of fused-ring (bicyclic) bond motifs is 1. The Bertz CT molecular complexity index is 736. The number of likely N-dealkylation sites (N-methyl/N-ethyl adjacent to an activating group) is 2. The van der Waals surface area contributed by atoms with Crippen LogP contribution >= 0.6 is 0 Å². The van der Waals surface area contributed by atoms with Crippen LogP contribution in [0.2, 0.25) is 0 Å². The van der Waals surface area contributed by atoms with Gasteiger partial charge in [-0.25, -0.2) is 0 Å². The molecule has 30 heavy (non-hydrogen) atoms. The van der Waals surface area contributed by atoms with E-state index in [-0.39, 0.29) is 29.9 Å². The highest BCUT2D eigenvalue weighted by atomic mass is 16.2. The molecular formula is C22H34N6O2. The molecule has 3 aliphatic rings. The molecule has 3 unspecified atom stereocenters. The SMILES string of the molecule is CN1CCN(C(=O)CCC2CNC(=O)C3C(CCN3Cc3ccccn3)N2C)CC1. The minimum atomic E-state index is -0.157. The highest BCUT2D eigenvalue weighted by Crippen LogP contribution is 2.28. The lowest BCUT2D eigenvalue weighted by atomic mass is 10.0. The number of rotatable bonds is 5. The Hall–Kier alpha value is -2.03. The fraction of sp³-hybridized carbons (Fsp3) is 0.682. The van der Waals surface area contributed by atoms with E-state index in [1.807, 2.05) is 23.1 Å². The van der Waals surface area contributed by atoms with Crippen LogP contribution in [0.25, 0.3) is 0 Å². The van der Waals surface area contributed by atoms with E-state index in [2.05, 4.69) is 39.1 Å². The fourth-order valence-corrected chi connectivity index (χ4v) is 5.03.